The lowest BCUT2D eigenvalue weighted by atomic mass is 9.77. The Balaban J connectivity index is 1.75. The second kappa shape index (κ2) is 5.71. The third-order valence-electron chi connectivity index (χ3n) is 5.10. The summed E-state index contributed by atoms with van der Waals surface area (Å²) in [5.74, 6) is 3.63. The zero-order valence-electron chi connectivity index (χ0n) is 11.9. The molecular weight excluding hydrogens is 208 g/mol. The van der Waals surface area contributed by atoms with Crippen LogP contribution in [0, 0.1) is 23.7 Å². The largest absolute Gasteiger partial charge is 0.327 e. The monoisotopic (exact) mass is 238 g/mol. The molecule has 100 valence electrons. The number of nitrogens with two attached hydrogens (primary N) is 1. The van der Waals surface area contributed by atoms with Crippen LogP contribution in [0.5, 0.6) is 0 Å². The SMILES string of the molecule is CCC1CCC(N)C(CN(C)CC2CC2C)C1. The van der Waals surface area contributed by atoms with E-state index in [0.717, 1.165) is 23.7 Å². The molecule has 5 unspecified atom stereocenters. The molecule has 2 rings (SSSR count). The minimum absolute atomic E-state index is 0.455. The van der Waals surface area contributed by atoms with Crippen molar-refractivity contribution in [3.63, 3.8) is 0 Å². The summed E-state index contributed by atoms with van der Waals surface area (Å²) in [6, 6.07) is 0.455. The lowest BCUT2D eigenvalue weighted by Crippen LogP contribution is -2.42. The number of hydrogen-bond acceptors (Lipinski definition) is 2. The van der Waals surface area contributed by atoms with Crippen LogP contribution in [-0.2, 0) is 0 Å². The number of nitrogens with zero attached hydrogens (tertiary/aromatic N) is 1. The minimum Gasteiger partial charge on any atom is -0.327 e. The molecule has 0 saturated heterocycles. The van der Waals surface area contributed by atoms with Gasteiger partial charge >= 0.3 is 0 Å². The third kappa shape index (κ3) is 3.69. The summed E-state index contributed by atoms with van der Waals surface area (Å²) in [4.78, 5) is 2.54. The Morgan fingerprint density at radius 3 is 2.35 bits per heavy atom. The van der Waals surface area contributed by atoms with Crippen LogP contribution in [0.15, 0.2) is 0 Å². The molecule has 0 aliphatic heterocycles. The molecule has 0 bridgehead atoms. The molecule has 2 aliphatic rings. The first-order chi connectivity index (χ1) is 8.10. The average Bonchev–Trinajstić information content (AvgIpc) is 2.97. The van der Waals surface area contributed by atoms with Crippen molar-refractivity contribution in [3.8, 4) is 0 Å². The highest BCUT2D eigenvalue weighted by Crippen LogP contribution is 2.38. The van der Waals surface area contributed by atoms with Crippen molar-refractivity contribution in [2.24, 2.45) is 29.4 Å². The topological polar surface area (TPSA) is 29.3 Å². The van der Waals surface area contributed by atoms with E-state index in [9.17, 15) is 0 Å². The molecule has 2 N–H and O–H groups in total. The average molecular weight is 238 g/mol. The highest BCUT2D eigenvalue weighted by molar-refractivity contribution is 4.87. The van der Waals surface area contributed by atoms with Gasteiger partial charge in [-0.05, 0) is 56.4 Å². The molecule has 0 spiro atoms. The molecule has 0 heterocycles. The zero-order valence-corrected chi connectivity index (χ0v) is 11.9. The van der Waals surface area contributed by atoms with E-state index in [2.05, 4.69) is 25.8 Å². The van der Waals surface area contributed by atoms with Crippen molar-refractivity contribution in [3.05, 3.63) is 0 Å². The van der Waals surface area contributed by atoms with Gasteiger partial charge < -0.3 is 10.6 Å². The van der Waals surface area contributed by atoms with Crippen molar-refractivity contribution in [2.75, 3.05) is 20.1 Å². The van der Waals surface area contributed by atoms with E-state index in [0.29, 0.717) is 6.04 Å². The predicted molar refractivity (Wildman–Crippen MR) is 73.9 cm³/mol. The Bertz CT molecular complexity index is 241. The van der Waals surface area contributed by atoms with Crippen LogP contribution < -0.4 is 5.73 Å². The highest BCUT2D eigenvalue weighted by Gasteiger charge is 2.34. The number of rotatable bonds is 5. The highest BCUT2D eigenvalue weighted by atomic mass is 15.1. The van der Waals surface area contributed by atoms with E-state index in [-0.39, 0.29) is 0 Å². The first kappa shape index (κ1) is 13.4. The zero-order chi connectivity index (χ0) is 12.4. The Morgan fingerprint density at radius 2 is 1.76 bits per heavy atom. The van der Waals surface area contributed by atoms with E-state index < -0.39 is 0 Å². The van der Waals surface area contributed by atoms with Gasteiger partial charge in [0.15, 0.2) is 0 Å². The maximum Gasteiger partial charge on any atom is 0.00795 e. The summed E-state index contributed by atoms with van der Waals surface area (Å²) in [5.41, 5.74) is 6.29. The molecule has 2 aliphatic carbocycles. The van der Waals surface area contributed by atoms with Crippen LogP contribution in [0.3, 0.4) is 0 Å². The van der Waals surface area contributed by atoms with Crippen molar-refractivity contribution in [1.29, 1.82) is 0 Å². The Hall–Kier alpha value is -0.0800. The van der Waals surface area contributed by atoms with Crippen molar-refractivity contribution >= 4 is 0 Å². The van der Waals surface area contributed by atoms with Crippen LogP contribution >= 0.6 is 0 Å². The maximum atomic E-state index is 6.29. The molecule has 2 saturated carbocycles. The second-order valence-electron chi connectivity index (χ2n) is 6.71. The lowest BCUT2D eigenvalue weighted by molar-refractivity contribution is 0.168. The third-order valence-corrected chi connectivity index (χ3v) is 5.10. The molecule has 0 radical (unpaired) electrons. The van der Waals surface area contributed by atoms with E-state index in [4.69, 9.17) is 5.73 Å². The van der Waals surface area contributed by atoms with Gasteiger partial charge in [-0.1, -0.05) is 20.3 Å². The van der Waals surface area contributed by atoms with E-state index in [1.807, 2.05) is 0 Å². The lowest BCUT2D eigenvalue weighted by Gasteiger charge is -2.36. The molecule has 17 heavy (non-hydrogen) atoms. The summed E-state index contributed by atoms with van der Waals surface area (Å²) in [6.07, 6.45) is 6.75. The summed E-state index contributed by atoms with van der Waals surface area (Å²) >= 11 is 0. The van der Waals surface area contributed by atoms with Crippen LogP contribution in [0.4, 0.5) is 0 Å². The van der Waals surface area contributed by atoms with Crippen molar-refractivity contribution in [1.82, 2.24) is 4.90 Å². The van der Waals surface area contributed by atoms with Crippen molar-refractivity contribution < 1.29 is 0 Å². The maximum absolute atomic E-state index is 6.29. The summed E-state index contributed by atoms with van der Waals surface area (Å²) < 4.78 is 0. The standard InChI is InChI=1S/C15H30N2/c1-4-12-5-6-15(16)14(8-12)10-17(3)9-13-7-11(13)2/h11-15H,4-10,16H2,1-3H3. The molecule has 0 aromatic rings. The van der Waals surface area contributed by atoms with Gasteiger partial charge in [0.25, 0.3) is 0 Å². The molecule has 2 heteroatoms. The van der Waals surface area contributed by atoms with Gasteiger partial charge in [0, 0.05) is 19.1 Å². The smallest absolute Gasteiger partial charge is 0.00795 e. The summed E-state index contributed by atoms with van der Waals surface area (Å²) in [5, 5.41) is 0. The normalized spacial score (nSPS) is 41.8. The second-order valence-corrected chi connectivity index (χ2v) is 6.71. The van der Waals surface area contributed by atoms with Gasteiger partial charge in [0.05, 0.1) is 0 Å². The van der Waals surface area contributed by atoms with Crippen LogP contribution in [0.25, 0.3) is 0 Å². The molecule has 5 atom stereocenters. The van der Waals surface area contributed by atoms with Gasteiger partial charge in [0.1, 0.15) is 0 Å². The van der Waals surface area contributed by atoms with Gasteiger partial charge in [-0.2, -0.15) is 0 Å². The predicted octanol–water partition coefficient (Wildman–Crippen LogP) is 2.73. The van der Waals surface area contributed by atoms with Crippen LogP contribution in [0.1, 0.15) is 46.0 Å². The van der Waals surface area contributed by atoms with Gasteiger partial charge in [-0.3, -0.25) is 0 Å². The van der Waals surface area contributed by atoms with Gasteiger partial charge in [-0.15, -0.1) is 0 Å². The molecule has 0 aromatic carbocycles. The minimum atomic E-state index is 0.455. The van der Waals surface area contributed by atoms with Gasteiger partial charge in [-0.25, -0.2) is 0 Å². The Kier molecular flexibility index (Phi) is 4.48. The van der Waals surface area contributed by atoms with E-state index in [1.54, 1.807) is 0 Å². The molecule has 2 nitrogen and oxygen atoms in total. The molecule has 0 amide bonds. The first-order valence-electron chi connectivity index (χ1n) is 7.54. The molecule has 2 fully saturated rings. The fourth-order valence-electron chi connectivity index (χ4n) is 3.49. The number of hydrogen-bond donors (Lipinski definition) is 1. The quantitative estimate of drug-likeness (QED) is 0.798. The Labute approximate surface area is 107 Å². The van der Waals surface area contributed by atoms with E-state index >= 15 is 0 Å². The van der Waals surface area contributed by atoms with Crippen LogP contribution in [0.2, 0.25) is 0 Å². The van der Waals surface area contributed by atoms with Crippen molar-refractivity contribution in [2.45, 2.75) is 52.0 Å². The van der Waals surface area contributed by atoms with E-state index in [1.165, 1.54) is 45.2 Å². The fourth-order valence-corrected chi connectivity index (χ4v) is 3.49. The fraction of sp³-hybridized carbons (Fsp3) is 1.00. The Morgan fingerprint density at radius 1 is 1.12 bits per heavy atom. The molecule has 0 aromatic heterocycles. The van der Waals surface area contributed by atoms with Crippen LogP contribution in [-0.4, -0.2) is 31.1 Å². The summed E-state index contributed by atoms with van der Waals surface area (Å²) in [6.45, 7) is 7.22. The first-order valence-corrected chi connectivity index (χ1v) is 7.54. The van der Waals surface area contributed by atoms with Gasteiger partial charge in [0.2, 0.25) is 0 Å². The molecular formula is C15H30N2. The summed E-state index contributed by atoms with van der Waals surface area (Å²) in [7, 11) is 2.29.